The van der Waals surface area contributed by atoms with Crippen molar-refractivity contribution in [1.29, 1.82) is 0 Å². The summed E-state index contributed by atoms with van der Waals surface area (Å²) in [5.74, 6) is -0.949. The molecule has 0 fully saturated rings. The van der Waals surface area contributed by atoms with E-state index in [1.54, 1.807) is 7.11 Å². The van der Waals surface area contributed by atoms with Gasteiger partial charge in [-0.2, -0.15) is 0 Å². The molecular weight excluding hydrogens is 392 g/mol. The molecule has 0 bridgehead atoms. The zero-order valence-corrected chi connectivity index (χ0v) is 18.6. The lowest BCUT2D eigenvalue weighted by Crippen LogP contribution is -2.31. The molecule has 6 heteroatoms. The van der Waals surface area contributed by atoms with E-state index in [1.165, 1.54) is 5.56 Å². The second-order valence-electron chi connectivity index (χ2n) is 7.72. The largest absolute Gasteiger partial charge is 0.452 e. The van der Waals surface area contributed by atoms with Crippen LogP contribution in [0.2, 0.25) is 0 Å². The number of nitrogens with one attached hydrogen (secondary N) is 1. The van der Waals surface area contributed by atoms with Crippen LogP contribution in [0.3, 0.4) is 0 Å². The quantitative estimate of drug-likeness (QED) is 0.575. The highest BCUT2D eigenvalue weighted by Gasteiger charge is 2.21. The molecule has 3 rings (SSSR count). The molecule has 2 aromatic carbocycles. The van der Waals surface area contributed by atoms with Crippen molar-refractivity contribution < 1.29 is 19.1 Å². The van der Waals surface area contributed by atoms with Gasteiger partial charge in [-0.1, -0.05) is 36.4 Å². The van der Waals surface area contributed by atoms with Crippen LogP contribution in [0.25, 0.3) is 10.9 Å². The van der Waals surface area contributed by atoms with Gasteiger partial charge < -0.3 is 14.8 Å². The van der Waals surface area contributed by atoms with Gasteiger partial charge in [0.2, 0.25) is 0 Å². The SMILES string of the molecule is COCc1nc2ccccc2c(C)c1C(=O)OCC(=O)NC(C)c1ccc(C)c(C)c1. The van der Waals surface area contributed by atoms with Gasteiger partial charge in [-0.25, -0.2) is 9.78 Å². The number of para-hydroxylation sites is 1. The first-order chi connectivity index (χ1) is 14.8. The van der Waals surface area contributed by atoms with Gasteiger partial charge >= 0.3 is 5.97 Å². The Balaban J connectivity index is 1.72. The van der Waals surface area contributed by atoms with E-state index in [0.717, 1.165) is 27.6 Å². The normalized spacial score (nSPS) is 11.9. The van der Waals surface area contributed by atoms with Crippen LogP contribution < -0.4 is 5.32 Å². The fourth-order valence-electron chi connectivity index (χ4n) is 3.56. The molecule has 1 aromatic heterocycles. The molecule has 1 heterocycles. The van der Waals surface area contributed by atoms with Gasteiger partial charge in [0, 0.05) is 12.5 Å². The number of carbonyl (C=O) groups excluding carboxylic acids is 2. The number of hydrogen-bond acceptors (Lipinski definition) is 5. The highest BCUT2D eigenvalue weighted by atomic mass is 16.5. The Hall–Kier alpha value is -3.25. The first kappa shape index (κ1) is 22.4. The minimum absolute atomic E-state index is 0.173. The number of amides is 1. The number of fused-ring (bicyclic) bond motifs is 1. The third kappa shape index (κ3) is 5.09. The molecule has 0 saturated carbocycles. The molecule has 31 heavy (non-hydrogen) atoms. The summed E-state index contributed by atoms with van der Waals surface area (Å²) in [5, 5.41) is 3.74. The summed E-state index contributed by atoms with van der Waals surface area (Å²) in [5.41, 5.74) is 5.73. The standard InChI is InChI=1S/C25H28N2O4/c1-15-10-11-19(12-16(15)2)18(4)26-23(28)14-31-25(29)24-17(3)20-8-6-7-9-21(20)27-22(24)13-30-5/h6-12,18H,13-14H2,1-5H3,(H,26,28). The zero-order chi connectivity index (χ0) is 22.5. The first-order valence-corrected chi connectivity index (χ1v) is 10.2. The van der Waals surface area contributed by atoms with Crippen LogP contribution in [0.15, 0.2) is 42.5 Å². The van der Waals surface area contributed by atoms with Gasteiger partial charge in [0.05, 0.1) is 29.4 Å². The third-order valence-electron chi connectivity index (χ3n) is 5.46. The van der Waals surface area contributed by atoms with Crippen LogP contribution in [0.4, 0.5) is 0 Å². The summed E-state index contributed by atoms with van der Waals surface area (Å²) in [7, 11) is 1.54. The maximum absolute atomic E-state index is 12.8. The molecular formula is C25H28N2O4. The number of methoxy groups -OCH3 is 1. The van der Waals surface area contributed by atoms with Crippen molar-refractivity contribution in [2.45, 2.75) is 40.3 Å². The fourth-order valence-corrected chi connectivity index (χ4v) is 3.56. The lowest BCUT2D eigenvalue weighted by molar-refractivity contribution is -0.124. The van der Waals surface area contributed by atoms with Crippen LogP contribution in [-0.2, 0) is 20.9 Å². The highest BCUT2D eigenvalue weighted by Crippen LogP contribution is 2.24. The fraction of sp³-hybridized carbons (Fsp3) is 0.320. The molecule has 0 saturated heterocycles. The third-order valence-corrected chi connectivity index (χ3v) is 5.46. The van der Waals surface area contributed by atoms with E-state index in [9.17, 15) is 9.59 Å². The van der Waals surface area contributed by atoms with Crippen molar-refractivity contribution in [1.82, 2.24) is 10.3 Å². The maximum Gasteiger partial charge on any atom is 0.340 e. The number of aromatic nitrogens is 1. The minimum atomic E-state index is -0.586. The van der Waals surface area contributed by atoms with Crippen LogP contribution in [0.5, 0.6) is 0 Å². The Labute approximate surface area is 182 Å². The number of esters is 1. The Morgan fingerprint density at radius 3 is 2.52 bits per heavy atom. The number of nitrogens with zero attached hydrogens (tertiary/aromatic N) is 1. The summed E-state index contributed by atoms with van der Waals surface area (Å²) < 4.78 is 10.6. The average molecular weight is 421 g/mol. The molecule has 0 aliphatic rings. The van der Waals surface area contributed by atoms with Gasteiger partial charge in [-0.05, 0) is 56.0 Å². The molecule has 1 amide bonds. The van der Waals surface area contributed by atoms with E-state index < -0.39 is 5.97 Å². The average Bonchev–Trinajstić information content (AvgIpc) is 2.74. The van der Waals surface area contributed by atoms with Gasteiger partial charge in [-0.15, -0.1) is 0 Å². The lowest BCUT2D eigenvalue weighted by Gasteiger charge is -2.17. The molecule has 1 unspecified atom stereocenters. The number of benzene rings is 2. The monoisotopic (exact) mass is 420 g/mol. The first-order valence-electron chi connectivity index (χ1n) is 10.2. The van der Waals surface area contributed by atoms with Gasteiger partial charge in [-0.3, -0.25) is 4.79 Å². The molecule has 0 spiro atoms. The van der Waals surface area contributed by atoms with Crippen LogP contribution in [0.1, 0.15) is 51.3 Å². The molecule has 0 aliphatic carbocycles. The van der Waals surface area contributed by atoms with E-state index >= 15 is 0 Å². The minimum Gasteiger partial charge on any atom is -0.452 e. The summed E-state index contributed by atoms with van der Waals surface area (Å²) >= 11 is 0. The number of carbonyl (C=O) groups is 2. The molecule has 162 valence electrons. The smallest absolute Gasteiger partial charge is 0.340 e. The molecule has 1 atom stereocenters. The van der Waals surface area contributed by atoms with E-state index in [1.807, 2.05) is 70.2 Å². The van der Waals surface area contributed by atoms with Gasteiger partial charge in [0.1, 0.15) is 0 Å². The van der Waals surface area contributed by atoms with Gasteiger partial charge in [0.25, 0.3) is 5.91 Å². The van der Waals surface area contributed by atoms with Crippen molar-refractivity contribution in [3.8, 4) is 0 Å². The maximum atomic E-state index is 12.8. The predicted molar refractivity (Wildman–Crippen MR) is 120 cm³/mol. The van der Waals surface area contributed by atoms with E-state index in [0.29, 0.717) is 11.3 Å². The Morgan fingerprint density at radius 1 is 1.06 bits per heavy atom. The highest BCUT2D eigenvalue weighted by molar-refractivity contribution is 5.99. The second-order valence-corrected chi connectivity index (χ2v) is 7.72. The number of aryl methyl sites for hydroxylation is 3. The summed E-state index contributed by atoms with van der Waals surface area (Å²) in [6.07, 6.45) is 0. The number of hydrogen-bond donors (Lipinski definition) is 1. The number of pyridine rings is 1. The Morgan fingerprint density at radius 2 is 1.81 bits per heavy atom. The van der Waals surface area contributed by atoms with Crippen LogP contribution >= 0.6 is 0 Å². The van der Waals surface area contributed by atoms with E-state index in [4.69, 9.17) is 9.47 Å². The second kappa shape index (κ2) is 9.71. The van der Waals surface area contributed by atoms with Crippen molar-refractivity contribution in [2.75, 3.05) is 13.7 Å². The molecule has 0 radical (unpaired) electrons. The van der Waals surface area contributed by atoms with Crippen LogP contribution in [0, 0.1) is 20.8 Å². The van der Waals surface area contributed by atoms with Crippen molar-refractivity contribution in [3.63, 3.8) is 0 Å². The molecule has 1 N–H and O–H groups in total. The van der Waals surface area contributed by atoms with E-state index in [2.05, 4.69) is 10.3 Å². The van der Waals surface area contributed by atoms with Crippen molar-refractivity contribution in [3.05, 3.63) is 76.0 Å². The zero-order valence-electron chi connectivity index (χ0n) is 18.6. The van der Waals surface area contributed by atoms with E-state index in [-0.39, 0.29) is 25.2 Å². The Bertz CT molecular complexity index is 1120. The summed E-state index contributed by atoms with van der Waals surface area (Å²) in [4.78, 5) is 29.8. The number of rotatable bonds is 7. The molecule has 0 aliphatic heterocycles. The van der Waals surface area contributed by atoms with Crippen molar-refractivity contribution in [2.24, 2.45) is 0 Å². The predicted octanol–water partition coefficient (Wildman–Crippen LogP) is 4.34. The lowest BCUT2D eigenvalue weighted by atomic mass is 10.0. The topological polar surface area (TPSA) is 77.5 Å². The summed E-state index contributed by atoms with van der Waals surface area (Å²) in [6, 6.07) is 13.4. The number of ether oxygens (including phenoxy) is 2. The van der Waals surface area contributed by atoms with Crippen molar-refractivity contribution >= 4 is 22.8 Å². The molecule has 3 aromatic rings. The Kier molecular flexibility index (Phi) is 7.02. The van der Waals surface area contributed by atoms with Gasteiger partial charge in [0.15, 0.2) is 6.61 Å². The van der Waals surface area contributed by atoms with Crippen LogP contribution in [-0.4, -0.2) is 30.6 Å². The summed E-state index contributed by atoms with van der Waals surface area (Å²) in [6.45, 7) is 7.63. The molecule has 6 nitrogen and oxygen atoms in total.